The molecule has 1 aromatic carbocycles. The van der Waals surface area contributed by atoms with Crippen molar-refractivity contribution in [3.8, 4) is 17.6 Å². The first kappa shape index (κ1) is 19.2. The molecule has 0 unspecified atom stereocenters. The van der Waals surface area contributed by atoms with Gasteiger partial charge in [-0.2, -0.15) is 18.4 Å². The highest BCUT2D eigenvalue weighted by Crippen LogP contribution is 2.31. The van der Waals surface area contributed by atoms with Crippen molar-refractivity contribution >= 4 is 11.5 Å². The van der Waals surface area contributed by atoms with E-state index >= 15 is 0 Å². The number of rotatable bonds is 6. The largest absolute Gasteiger partial charge is 0.419 e. The highest BCUT2D eigenvalue weighted by Gasteiger charge is 2.30. The van der Waals surface area contributed by atoms with Crippen molar-refractivity contribution in [3.63, 3.8) is 0 Å². The minimum atomic E-state index is -4.40. The third-order valence-electron chi connectivity index (χ3n) is 3.83. The molecule has 10 heteroatoms. The van der Waals surface area contributed by atoms with Gasteiger partial charge in [-0.25, -0.2) is 4.98 Å². The lowest BCUT2D eigenvalue weighted by atomic mass is 10.2. The number of alkyl halides is 3. The van der Waals surface area contributed by atoms with Crippen LogP contribution < -0.4 is 5.32 Å². The highest BCUT2D eigenvalue weighted by atomic mass is 19.4. The predicted molar refractivity (Wildman–Crippen MR) is 94.0 cm³/mol. The number of nitriles is 1. The molecule has 0 saturated heterocycles. The summed E-state index contributed by atoms with van der Waals surface area (Å²) in [4.78, 5) is 5.65. The summed E-state index contributed by atoms with van der Waals surface area (Å²) >= 11 is 0. The maximum atomic E-state index is 12.7. The fraction of sp³-hybridized carbons (Fsp3) is 0.222. The summed E-state index contributed by atoms with van der Waals surface area (Å²) < 4.78 is 43.7. The van der Waals surface area contributed by atoms with Gasteiger partial charge < -0.3 is 14.6 Å². The van der Waals surface area contributed by atoms with Crippen LogP contribution in [0.15, 0.2) is 47.0 Å². The number of anilines is 2. The van der Waals surface area contributed by atoms with Gasteiger partial charge in [-0.3, -0.25) is 0 Å². The molecule has 0 radical (unpaired) electrons. The van der Waals surface area contributed by atoms with Crippen molar-refractivity contribution in [1.82, 2.24) is 20.1 Å². The Kier molecular flexibility index (Phi) is 5.44. The lowest BCUT2D eigenvalue weighted by molar-refractivity contribution is -0.137. The Morgan fingerprint density at radius 1 is 1.18 bits per heavy atom. The summed E-state index contributed by atoms with van der Waals surface area (Å²) in [5, 5.41) is 19.8. The van der Waals surface area contributed by atoms with Gasteiger partial charge in [-0.1, -0.05) is 0 Å². The number of nitrogens with one attached hydrogen (secondary N) is 1. The van der Waals surface area contributed by atoms with Crippen LogP contribution in [0.2, 0.25) is 0 Å². The summed E-state index contributed by atoms with van der Waals surface area (Å²) in [6.07, 6.45) is -0.860. The van der Waals surface area contributed by atoms with Gasteiger partial charge in [0.05, 0.1) is 11.1 Å². The van der Waals surface area contributed by atoms with Crippen LogP contribution in [-0.4, -0.2) is 26.6 Å². The molecule has 0 atom stereocenters. The lowest BCUT2D eigenvalue weighted by Gasteiger charge is -2.11. The standard InChI is InChI=1S/C18H15F3N6O/c1-2-27(11-22)10-15-25-26-17(28-15)14-4-3-9-23-16(14)24-13-7-5-12(6-8-13)18(19,20)21/h3-9H,2,10H2,1H3,(H,23,24). The SMILES string of the molecule is CCN(C#N)Cc1nnc(-c2cccnc2Nc2ccc(C(F)(F)F)cc2)o1. The summed E-state index contributed by atoms with van der Waals surface area (Å²) in [7, 11) is 0. The Labute approximate surface area is 158 Å². The van der Waals surface area contributed by atoms with Gasteiger partial charge in [0.1, 0.15) is 12.4 Å². The van der Waals surface area contributed by atoms with Gasteiger partial charge in [0.15, 0.2) is 6.19 Å². The molecule has 3 rings (SSSR count). The first-order valence-corrected chi connectivity index (χ1v) is 8.27. The molecule has 2 heterocycles. The molecule has 0 aliphatic rings. The second-order valence-electron chi connectivity index (χ2n) is 5.71. The zero-order valence-corrected chi connectivity index (χ0v) is 14.7. The normalized spacial score (nSPS) is 11.1. The van der Waals surface area contributed by atoms with Crippen LogP contribution in [0.5, 0.6) is 0 Å². The molecule has 0 saturated carbocycles. The predicted octanol–water partition coefficient (Wildman–Crippen LogP) is 4.20. The van der Waals surface area contributed by atoms with E-state index in [1.807, 2.05) is 13.1 Å². The smallest absolute Gasteiger partial charge is 0.416 e. The van der Waals surface area contributed by atoms with Crippen LogP contribution in [-0.2, 0) is 12.7 Å². The van der Waals surface area contributed by atoms with Crippen LogP contribution in [0, 0.1) is 11.5 Å². The Bertz CT molecular complexity index is 978. The molecule has 3 aromatic rings. The Hall–Kier alpha value is -3.61. The minimum Gasteiger partial charge on any atom is -0.419 e. The van der Waals surface area contributed by atoms with Crippen molar-refractivity contribution in [2.75, 3.05) is 11.9 Å². The van der Waals surface area contributed by atoms with E-state index in [2.05, 4.69) is 20.5 Å². The summed E-state index contributed by atoms with van der Waals surface area (Å²) in [5.74, 6) is 0.805. The van der Waals surface area contributed by atoms with Gasteiger partial charge in [0.2, 0.25) is 5.89 Å². The molecule has 0 aliphatic heterocycles. The number of halogens is 3. The molecular weight excluding hydrogens is 373 g/mol. The van der Waals surface area contributed by atoms with E-state index in [4.69, 9.17) is 9.68 Å². The number of aromatic nitrogens is 3. The van der Waals surface area contributed by atoms with E-state index in [-0.39, 0.29) is 18.3 Å². The molecule has 0 bridgehead atoms. The zero-order chi connectivity index (χ0) is 20.1. The topological polar surface area (TPSA) is 90.9 Å². The van der Waals surface area contributed by atoms with Crippen LogP contribution in [0.1, 0.15) is 18.4 Å². The third kappa shape index (κ3) is 4.37. The third-order valence-corrected chi connectivity index (χ3v) is 3.83. The Morgan fingerprint density at radius 3 is 2.57 bits per heavy atom. The van der Waals surface area contributed by atoms with Gasteiger partial charge in [0, 0.05) is 18.4 Å². The van der Waals surface area contributed by atoms with Crippen molar-refractivity contribution in [2.45, 2.75) is 19.6 Å². The Balaban J connectivity index is 1.82. The molecule has 28 heavy (non-hydrogen) atoms. The molecule has 0 spiro atoms. The molecule has 1 N–H and O–H groups in total. The van der Waals surface area contributed by atoms with E-state index in [1.54, 1.807) is 12.1 Å². The molecule has 0 aliphatic carbocycles. The summed E-state index contributed by atoms with van der Waals surface area (Å²) in [6, 6.07) is 7.95. The molecule has 0 amide bonds. The second-order valence-corrected chi connectivity index (χ2v) is 5.71. The zero-order valence-electron chi connectivity index (χ0n) is 14.7. The number of nitrogens with zero attached hydrogens (tertiary/aromatic N) is 5. The average Bonchev–Trinajstić information content (AvgIpc) is 3.14. The maximum Gasteiger partial charge on any atom is 0.416 e. The van der Waals surface area contributed by atoms with E-state index in [1.165, 1.54) is 23.2 Å². The van der Waals surface area contributed by atoms with Crippen LogP contribution in [0.3, 0.4) is 0 Å². The van der Waals surface area contributed by atoms with Crippen LogP contribution >= 0.6 is 0 Å². The van der Waals surface area contributed by atoms with Crippen LogP contribution in [0.4, 0.5) is 24.7 Å². The first-order chi connectivity index (χ1) is 13.4. The van der Waals surface area contributed by atoms with E-state index in [9.17, 15) is 13.2 Å². The lowest BCUT2D eigenvalue weighted by Crippen LogP contribution is -2.16. The van der Waals surface area contributed by atoms with Crippen molar-refractivity contribution in [3.05, 3.63) is 54.0 Å². The maximum absolute atomic E-state index is 12.7. The fourth-order valence-corrected chi connectivity index (χ4v) is 2.36. The van der Waals surface area contributed by atoms with Crippen molar-refractivity contribution in [2.24, 2.45) is 0 Å². The van der Waals surface area contributed by atoms with E-state index in [0.29, 0.717) is 23.6 Å². The van der Waals surface area contributed by atoms with Gasteiger partial charge in [0.25, 0.3) is 5.89 Å². The number of hydrogen-bond acceptors (Lipinski definition) is 7. The van der Waals surface area contributed by atoms with Crippen molar-refractivity contribution in [1.29, 1.82) is 5.26 Å². The second kappa shape index (κ2) is 7.96. The van der Waals surface area contributed by atoms with E-state index < -0.39 is 11.7 Å². The monoisotopic (exact) mass is 388 g/mol. The van der Waals surface area contributed by atoms with Crippen molar-refractivity contribution < 1.29 is 17.6 Å². The van der Waals surface area contributed by atoms with E-state index in [0.717, 1.165) is 12.1 Å². The molecule has 0 fully saturated rings. The molecule has 7 nitrogen and oxygen atoms in total. The molecular formula is C18H15F3N6O. The summed E-state index contributed by atoms with van der Waals surface area (Å²) in [5.41, 5.74) is 0.175. The first-order valence-electron chi connectivity index (χ1n) is 8.27. The molecule has 2 aromatic heterocycles. The number of benzene rings is 1. The summed E-state index contributed by atoms with van der Waals surface area (Å²) in [6.45, 7) is 2.51. The van der Waals surface area contributed by atoms with Gasteiger partial charge in [-0.05, 0) is 43.3 Å². The average molecular weight is 388 g/mol. The Morgan fingerprint density at radius 2 is 1.93 bits per heavy atom. The minimum absolute atomic E-state index is 0.182. The quantitative estimate of drug-likeness (QED) is 0.500. The number of hydrogen-bond donors (Lipinski definition) is 1. The van der Waals surface area contributed by atoms with Crippen LogP contribution in [0.25, 0.3) is 11.5 Å². The highest BCUT2D eigenvalue weighted by molar-refractivity contribution is 5.73. The fourth-order valence-electron chi connectivity index (χ4n) is 2.36. The number of pyridine rings is 1. The van der Waals surface area contributed by atoms with Gasteiger partial charge in [-0.15, -0.1) is 10.2 Å². The van der Waals surface area contributed by atoms with Gasteiger partial charge >= 0.3 is 6.18 Å². The molecule has 144 valence electrons.